The van der Waals surface area contributed by atoms with E-state index in [9.17, 15) is 19.5 Å². The molecule has 1 N–H and O–H groups in total. The number of carboxylic acids is 1. The highest BCUT2D eigenvalue weighted by Crippen LogP contribution is 2.76. The summed E-state index contributed by atoms with van der Waals surface area (Å²) in [5.41, 5.74) is 2.81. The fourth-order valence-corrected chi connectivity index (χ4v) is 12.8. The summed E-state index contributed by atoms with van der Waals surface area (Å²) in [4.78, 5) is 39.9. The Kier molecular flexibility index (Phi) is 7.57. The molecule has 0 spiro atoms. The zero-order chi connectivity index (χ0) is 31.9. The van der Waals surface area contributed by atoms with Crippen molar-refractivity contribution in [1.29, 1.82) is 0 Å². The van der Waals surface area contributed by atoms with Crippen LogP contribution in [0.2, 0.25) is 0 Å². The SMILES string of the molecule is C=C(C)[C@@H]1CC[C@]2(C=O)CC[C@]3(C)[C@H](CC[C@@H]4[C@@]5(C)CCN(C(=O)CCc6ccc(C(=O)O)cc6)C(C)(C)[C@@H]5CC[C@]43C)[C@@H]12. The Hall–Kier alpha value is -2.43. The maximum Gasteiger partial charge on any atom is 0.335 e. The van der Waals surface area contributed by atoms with Crippen LogP contribution in [0.25, 0.3) is 0 Å². The maximum atomic E-state index is 13.8. The van der Waals surface area contributed by atoms with E-state index in [4.69, 9.17) is 0 Å². The lowest BCUT2D eigenvalue weighted by atomic mass is 9.33. The van der Waals surface area contributed by atoms with Crippen LogP contribution in [-0.4, -0.2) is 40.3 Å². The Morgan fingerprint density at radius 3 is 2.25 bits per heavy atom. The van der Waals surface area contributed by atoms with E-state index in [0.29, 0.717) is 42.4 Å². The number of aldehydes is 1. The number of piperidine rings is 1. The Morgan fingerprint density at radius 1 is 0.909 bits per heavy atom. The molecule has 1 aliphatic heterocycles. The topological polar surface area (TPSA) is 74.7 Å². The fourth-order valence-electron chi connectivity index (χ4n) is 12.8. The van der Waals surface area contributed by atoms with Crippen LogP contribution in [0.15, 0.2) is 36.4 Å². The van der Waals surface area contributed by atoms with E-state index in [1.165, 1.54) is 31.1 Å². The first-order valence-corrected chi connectivity index (χ1v) is 17.4. The molecule has 0 radical (unpaired) electrons. The average molecular weight is 602 g/mol. The summed E-state index contributed by atoms with van der Waals surface area (Å²) >= 11 is 0. The Morgan fingerprint density at radius 2 is 1.61 bits per heavy atom. The number of aromatic carboxylic acids is 1. The molecule has 1 amide bonds. The van der Waals surface area contributed by atoms with Gasteiger partial charge in [0.1, 0.15) is 6.29 Å². The van der Waals surface area contributed by atoms with Crippen molar-refractivity contribution in [2.45, 2.75) is 118 Å². The molecule has 1 heterocycles. The van der Waals surface area contributed by atoms with Crippen LogP contribution in [0.3, 0.4) is 0 Å². The molecule has 240 valence electrons. The molecule has 5 heteroatoms. The quantitative estimate of drug-likeness (QED) is 0.263. The van der Waals surface area contributed by atoms with E-state index < -0.39 is 5.97 Å². The molecular weight excluding hydrogens is 546 g/mol. The van der Waals surface area contributed by atoms with Crippen molar-refractivity contribution in [3.8, 4) is 0 Å². The summed E-state index contributed by atoms with van der Waals surface area (Å²) in [6.07, 6.45) is 12.6. The smallest absolute Gasteiger partial charge is 0.335 e. The number of fused-ring (bicyclic) bond motifs is 7. The zero-order valence-electron chi connectivity index (χ0n) is 28.1. The number of amides is 1. The van der Waals surface area contributed by atoms with Crippen LogP contribution in [0, 0.1) is 51.2 Å². The fraction of sp³-hybridized carbons (Fsp3) is 0.718. The van der Waals surface area contributed by atoms with Gasteiger partial charge in [-0.2, -0.15) is 0 Å². The normalized spacial score (nSPS) is 42.3. The summed E-state index contributed by atoms with van der Waals surface area (Å²) < 4.78 is 0. The molecular formula is C39H55NO4. The van der Waals surface area contributed by atoms with E-state index >= 15 is 0 Å². The van der Waals surface area contributed by atoms with Crippen molar-refractivity contribution in [2.75, 3.05) is 6.54 Å². The molecule has 5 aliphatic rings. The van der Waals surface area contributed by atoms with Crippen molar-refractivity contribution >= 4 is 18.2 Å². The van der Waals surface area contributed by atoms with Crippen molar-refractivity contribution in [3.63, 3.8) is 0 Å². The van der Waals surface area contributed by atoms with E-state index in [1.54, 1.807) is 12.1 Å². The molecule has 5 nitrogen and oxygen atoms in total. The summed E-state index contributed by atoms with van der Waals surface area (Å²) in [5, 5.41) is 9.21. The van der Waals surface area contributed by atoms with E-state index in [2.05, 4.69) is 53.0 Å². The second-order valence-electron chi connectivity index (χ2n) is 17.0. The van der Waals surface area contributed by atoms with Gasteiger partial charge >= 0.3 is 5.97 Å². The third-order valence-corrected chi connectivity index (χ3v) is 15.2. The standard InChI is InChI=1S/C39H55NO4/c1-25(2)28-16-19-39(24-41)21-20-37(6)29(33(28)39)13-14-31-36(5)22-23-40(35(3,4)30(36)17-18-38(31,37)7)32(42)15-10-26-8-11-27(12-9-26)34(43)44/h8-9,11-12,24,28-31,33H,1,10,13-23H2,2-7H3,(H,43,44)/t28-,29+,30-,31+,33+,36-,37+,38+,39+/m0/s1. The monoisotopic (exact) mass is 601 g/mol. The van der Waals surface area contributed by atoms with Gasteiger partial charge in [-0.3, -0.25) is 4.79 Å². The number of carbonyl (C=O) groups excluding carboxylic acids is 2. The predicted octanol–water partition coefficient (Wildman–Crippen LogP) is 8.36. The second-order valence-corrected chi connectivity index (χ2v) is 17.0. The van der Waals surface area contributed by atoms with E-state index in [1.807, 2.05) is 12.1 Å². The number of allylic oxidation sites excluding steroid dienone is 1. The highest BCUT2D eigenvalue weighted by Gasteiger charge is 2.71. The number of carboxylic acid groups (broad SMARTS) is 1. The first kappa shape index (κ1) is 31.5. The van der Waals surface area contributed by atoms with Gasteiger partial charge in [0.05, 0.1) is 5.56 Å². The lowest BCUT2D eigenvalue weighted by Crippen LogP contribution is -2.70. The molecule has 4 aliphatic carbocycles. The molecule has 0 unspecified atom stereocenters. The number of nitrogens with zero attached hydrogens (tertiary/aromatic N) is 1. The van der Waals surface area contributed by atoms with Crippen LogP contribution in [-0.2, 0) is 16.0 Å². The van der Waals surface area contributed by atoms with Crippen molar-refractivity contribution in [3.05, 3.63) is 47.5 Å². The lowest BCUT2D eigenvalue weighted by molar-refractivity contribution is -0.239. The van der Waals surface area contributed by atoms with Gasteiger partial charge < -0.3 is 14.8 Å². The molecule has 44 heavy (non-hydrogen) atoms. The van der Waals surface area contributed by atoms with Crippen molar-refractivity contribution in [1.82, 2.24) is 4.90 Å². The number of hydrogen-bond acceptors (Lipinski definition) is 3. The summed E-state index contributed by atoms with van der Waals surface area (Å²) in [6, 6.07) is 6.93. The molecule has 4 saturated carbocycles. The first-order valence-electron chi connectivity index (χ1n) is 17.4. The average Bonchev–Trinajstić information content (AvgIpc) is 3.37. The number of carbonyl (C=O) groups is 3. The third-order valence-electron chi connectivity index (χ3n) is 15.2. The molecule has 5 fully saturated rings. The maximum absolute atomic E-state index is 13.8. The number of hydrogen-bond donors (Lipinski definition) is 1. The highest BCUT2D eigenvalue weighted by molar-refractivity contribution is 5.87. The van der Waals surface area contributed by atoms with E-state index in [0.717, 1.165) is 50.6 Å². The number of likely N-dealkylation sites (tertiary alicyclic amines) is 1. The predicted molar refractivity (Wildman–Crippen MR) is 174 cm³/mol. The Balaban J connectivity index is 1.22. The summed E-state index contributed by atoms with van der Waals surface area (Å²) in [7, 11) is 0. The number of aryl methyl sites for hydroxylation is 1. The summed E-state index contributed by atoms with van der Waals surface area (Å²) in [6.45, 7) is 19.9. The van der Waals surface area contributed by atoms with Gasteiger partial charge in [0.25, 0.3) is 0 Å². The van der Waals surface area contributed by atoms with Crippen LogP contribution in [0.4, 0.5) is 0 Å². The van der Waals surface area contributed by atoms with Crippen LogP contribution in [0.5, 0.6) is 0 Å². The molecule has 6 rings (SSSR count). The van der Waals surface area contributed by atoms with Crippen molar-refractivity contribution in [2.24, 2.45) is 51.2 Å². The molecule has 0 aromatic heterocycles. The zero-order valence-corrected chi connectivity index (χ0v) is 28.1. The summed E-state index contributed by atoms with van der Waals surface area (Å²) in [5.74, 6) is 1.85. The highest BCUT2D eigenvalue weighted by atomic mass is 16.4. The largest absolute Gasteiger partial charge is 0.478 e. The molecule has 9 atom stereocenters. The van der Waals surface area contributed by atoms with Crippen LogP contribution >= 0.6 is 0 Å². The van der Waals surface area contributed by atoms with Crippen molar-refractivity contribution < 1.29 is 19.5 Å². The second kappa shape index (κ2) is 10.6. The minimum absolute atomic E-state index is 0.149. The van der Waals surface area contributed by atoms with Gasteiger partial charge in [-0.15, -0.1) is 0 Å². The molecule has 1 saturated heterocycles. The van der Waals surface area contributed by atoms with E-state index in [-0.39, 0.29) is 38.7 Å². The van der Waals surface area contributed by atoms with Gasteiger partial charge in [0.2, 0.25) is 5.91 Å². The van der Waals surface area contributed by atoms with Crippen LogP contribution in [0.1, 0.15) is 122 Å². The van der Waals surface area contributed by atoms with Gasteiger partial charge in [-0.25, -0.2) is 4.79 Å². The molecule has 1 aromatic carbocycles. The van der Waals surface area contributed by atoms with Gasteiger partial charge in [-0.1, -0.05) is 45.1 Å². The minimum Gasteiger partial charge on any atom is -0.478 e. The molecule has 0 bridgehead atoms. The van der Waals surface area contributed by atoms with Gasteiger partial charge in [-0.05, 0) is 149 Å². The Labute approximate surface area is 265 Å². The van der Waals surface area contributed by atoms with Crippen LogP contribution < -0.4 is 0 Å². The molecule has 1 aromatic rings. The van der Waals surface area contributed by atoms with Gasteiger partial charge in [0, 0.05) is 23.9 Å². The number of rotatable bonds is 6. The minimum atomic E-state index is -0.927. The first-order chi connectivity index (χ1) is 20.6. The third kappa shape index (κ3) is 4.33. The Bertz CT molecular complexity index is 1350. The number of benzene rings is 1. The van der Waals surface area contributed by atoms with Gasteiger partial charge in [0.15, 0.2) is 0 Å². The lowest BCUT2D eigenvalue weighted by Gasteiger charge is -2.73.